The lowest BCUT2D eigenvalue weighted by Gasteiger charge is -2.20. The SMILES string of the molecule is CCN(CCO)Cc1cc(Nc2nc(Cl)ncc2Cl)ccc1F. The Morgan fingerprint density at radius 3 is 2.83 bits per heavy atom. The molecule has 0 aliphatic carbocycles. The van der Waals surface area contributed by atoms with Crippen LogP contribution in [0.5, 0.6) is 0 Å². The Kier molecular flexibility index (Phi) is 6.53. The molecular formula is C15H17Cl2FN4O. The van der Waals surface area contributed by atoms with Crippen LogP contribution in [-0.4, -0.2) is 39.7 Å². The van der Waals surface area contributed by atoms with Gasteiger partial charge in [0, 0.05) is 24.3 Å². The van der Waals surface area contributed by atoms with E-state index in [1.54, 1.807) is 12.1 Å². The van der Waals surface area contributed by atoms with Crippen LogP contribution in [0.1, 0.15) is 12.5 Å². The van der Waals surface area contributed by atoms with Gasteiger partial charge in [-0.2, -0.15) is 4.98 Å². The quantitative estimate of drug-likeness (QED) is 0.742. The number of nitrogens with one attached hydrogen (secondary N) is 1. The average Bonchev–Trinajstić information content (AvgIpc) is 2.53. The predicted octanol–water partition coefficient (Wildman–Crippen LogP) is 3.48. The van der Waals surface area contributed by atoms with E-state index in [4.69, 9.17) is 28.3 Å². The fourth-order valence-corrected chi connectivity index (χ4v) is 2.35. The van der Waals surface area contributed by atoms with E-state index in [-0.39, 0.29) is 17.7 Å². The molecule has 5 nitrogen and oxygen atoms in total. The molecule has 0 bridgehead atoms. The number of halogens is 3. The number of hydrogen-bond donors (Lipinski definition) is 2. The number of hydrogen-bond acceptors (Lipinski definition) is 5. The van der Waals surface area contributed by atoms with Crippen LogP contribution in [0.25, 0.3) is 0 Å². The highest BCUT2D eigenvalue weighted by Crippen LogP contribution is 2.25. The Hall–Kier alpha value is -1.47. The third kappa shape index (κ3) is 5.00. The van der Waals surface area contributed by atoms with Gasteiger partial charge < -0.3 is 10.4 Å². The van der Waals surface area contributed by atoms with Gasteiger partial charge in [0.15, 0.2) is 5.82 Å². The molecule has 0 amide bonds. The average molecular weight is 359 g/mol. The van der Waals surface area contributed by atoms with Crippen molar-refractivity contribution < 1.29 is 9.50 Å². The number of likely N-dealkylation sites (N-methyl/N-ethyl adjacent to an activating group) is 1. The minimum atomic E-state index is -0.307. The minimum absolute atomic E-state index is 0.0302. The van der Waals surface area contributed by atoms with Gasteiger partial charge in [0.05, 0.1) is 12.8 Å². The molecule has 2 aromatic rings. The van der Waals surface area contributed by atoms with Crippen LogP contribution in [0.2, 0.25) is 10.3 Å². The lowest BCUT2D eigenvalue weighted by Crippen LogP contribution is -2.26. The minimum Gasteiger partial charge on any atom is -0.395 e. The van der Waals surface area contributed by atoms with Gasteiger partial charge in [-0.15, -0.1) is 0 Å². The van der Waals surface area contributed by atoms with Crippen molar-refractivity contribution in [1.29, 1.82) is 0 Å². The number of rotatable bonds is 7. The Morgan fingerprint density at radius 2 is 2.13 bits per heavy atom. The number of anilines is 2. The first-order valence-electron chi connectivity index (χ1n) is 7.10. The lowest BCUT2D eigenvalue weighted by molar-refractivity contribution is 0.195. The summed E-state index contributed by atoms with van der Waals surface area (Å²) >= 11 is 11.8. The summed E-state index contributed by atoms with van der Waals surface area (Å²) in [5.41, 5.74) is 1.15. The van der Waals surface area contributed by atoms with Gasteiger partial charge in [-0.3, -0.25) is 4.90 Å². The van der Waals surface area contributed by atoms with Crippen LogP contribution < -0.4 is 5.32 Å². The highest BCUT2D eigenvalue weighted by Gasteiger charge is 2.10. The monoisotopic (exact) mass is 358 g/mol. The van der Waals surface area contributed by atoms with E-state index in [1.807, 2.05) is 11.8 Å². The molecular weight excluding hydrogens is 342 g/mol. The third-order valence-electron chi connectivity index (χ3n) is 3.28. The summed E-state index contributed by atoms with van der Waals surface area (Å²) in [5.74, 6) is 0.0469. The van der Waals surface area contributed by atoms with Crippen LogP contribution in [0.15, 0.2) is 24.4 Å². The van der Waals surface area contributed by atoms with Crippen molar-refractivity contribution >= 4 is 34.7 Å². The molecule has 0 spiro atoms. The van der Waals surface area contributed by atoms with Crippen LogP contribution in [0.3, 0.4) is 0 Å². The normalized spacial score (nSPS) is 11.0. The predicted molar refractivity (Wildman–Crippen MR) is 89.8 cm³/mol. The molecule has 0 fully saturated rings. The van der Waals surface area contributed by atoms with Gasteiger partial charge in [-0.05, 0) is 36.3 Å². The lowest BCUT2D eigenvalue weighted by atomic mass is 10.1. The standard InChI is InChI=1S/C15H17Cl2FN4O/c1-2-22(5-6-23)9-10-7-11(3-4-13(10)18)20-14-12(16)8-19-15(17)21-14/h3-4,7-8,23H,2,5-6,9H2,1H3,(H,19,20,21). The van der Waals surface area contributed by atoms with Crippen molar-refractivity contribution in [3.63, 3.8) is 0 Å². The van der Waals surface area contributed by atoms with E-state index in [1.165, 1.54) is 12.3 Å². The summed E-state index contributed by atoms with van der Waals surface area (Å²) in [7, 11) is 0. The van der Waals surface area contributed by atoms with E-state index >= 15 is 0 Å². The second-order valence-electron chi connectivity index (χ2n) is 4.86. The molecule has 0 unspecified atom stereocenters. The van der Waals surface area contributed by atoms with Crippen LogP contribution in [0, 0.1) is 5.82 Å². The molecule has 23 heavy (non-hydrogen) atoms. The molecule has 0 aliphatic rings. The number of benzene rings is 1. The highest BCUT2D eigenvalue weighted by molar-refractivity contribution is 6.33. The highest BCUT2D eigenvalue weighted by atomic mass is 35.5. The Morgan fingerprint density at radius 1 is 1.35 bits per heavy atom. The number of aromatic nitrogens is 2. The smallest absolute Gasteiger partial charge is 0.224 e. The molecule has 124 valence electrons. The van der Waals surface area contributed by atoms with Gasteiger partial charge in [0.25, 0.3) is 0 Å². The summed E-state index contributed by atoms with van der Waals surface area (Å²) in [4.78, 5) is 9.72. The largest absolute Gasteiger partial charge is 0.395 e. The van der Waals surface area contributed by atoms with Crippen molar-refractivity contribution in [1.82, 2.24) is 14.9 Å². The first-order valence-corrected chi connectivity index (χ1v) is 7.85. The molecule has 2 N–H and O–H groups in total. The summed E-state index contributed by atoms with van der Waals surface area (Å²) in [6.45, 7) is 3.59. The molecule has 0 radical (unpaired) electrons. The van der Waals surface area contributed by atoms with E-state index < -0.39 is 0 Å². The van der Waals surface area contributed by atoms with E-state index in [9.17, 15) is 4.39 Å². The van der Waals surface area contributed by atoms with E-state index in [2.05, 4.69) is 15.3 Å². The van der Waals surface area contributed by atoms with Gasteiger partial charge in [-0.1, -0.05) is 18.5 Å². The zero-order valence-electron chi connectivity index (χ0n) is 12.6. The maximum Gasteiger partial charge on any atom is 0.224 e. The molecule has 1 aromatic carbocycles. The summed E-state index contributed by atoms with van der Waals surface area (Å²) in [6.07, 6.45) is 1.39. The summed E-state index contributed by atoms with van der Waals surface area (Å²) in [5, 5.41) is 12.4. The topological polar surface area (TPSA) is 61.3 Å². The second-order valence-corrected chi connectivity index (χ2v) is 5.60. The Balaban J connectivity index is 2.21. The van der Waals surface area contributed by atoms with Gasteiger partial charge >= 0.3 is 0 Å². The van der Waals surface area contributed by atoms with Crippen molar-refractivity contribution in [2.45, 2.75) is 13.5 Å². The van der Waals surface area contributed by atoms with E-state index in [0.717, 1.165) is 0 Å². The summed E-state index contributed by atoms with van der Waals surface area (Å²) in [6, 6.07) is 4.65. The van der Waals surface area contributed by atoms with Crippen molar-refractivity contribution in [3.8, 4) is 0 Å². The van der Waals surface area contributed by atoms with Crippen molar-refractivity contribution in [2.24, 2.45) is 0 Å². The maximum absolute atomic E-state index is 14.0. The van der Waals surface area contributed by atoms with Gasteiger partial charge in [0.1, 0.15) is 10.8 Å². The van der Waals surface area contributed by atoms with Crippen molar-refractivity contribution in [2.75, 3.05) is 25.0 Å². The zero-order valence-corrected chi connectivity index (χ0v) is 14.1. The zero-order chi connectivity index (χ0) is 16.8. The molecule has 0 saturated heterocycles. The molecule has 1 aromatic heterocycles. The number of nitrogens with zero attached hydrogens (tertiary/aromatic N) is 3. The molecule has 1 heterocycles. The second kappa shape index (κ2) is 8.40. The van der Waals surface area contributed by atoms with Crippen LogP contribution in [0.4, 0.5) is 15.9 Å². The number of aliphatic hydroxyl groups is 1. The molecule has 0 saturated carbocycles. The Labute approximate surface area is 144 Å². The first-order chi connectivity index (χ1) is 11.0. The van der Waals surface area contributed by atoms with Crippen LogP contribution >= 0.6 is 23.2 Å². The summed E-state index contributed by atoms with van der Waals surface area (Å²) < 4.78 is 14.0. The third-order valence-corrected chi connectivity index (χ3v) is 3.74. The fourth-order valence-electron chi connectivity index (χ4n) is 2.07. The molecule has 8 heteroatoms. The molecule has 0 atom stereocenters. The van der Waals surface area contributed by atoms with Gasteiger partial charge in [-0.25, -0.2) is 9.37 Å². The maximum atomic E-state index is 14.0. The fraction of sp³-hybridized carbons (Fsp3) is 0.333. The van der Waals surface area contributed by atoms with Crippen LogP contribution in [-0.2, 0) is 6.54 Å². The number of aliphatic hydroxyl groups excluding tert-OH is 1. The van der Waals surface area contributed by atoms with Crippen molar-refractivity contribution in [3.05, 3.63) is 46.1 Å². The Bertz CT molecular complexity index is 672. The van der Waals surface area contributed by atoms with Gasteiger partial charge in [0.2, 0.25) is 5.28 Å². The van der Waals surface area contributed by atoms with E-state index in [0.29, 0.717) is 41.7 Å². The molecule has 2 rings (SSSR count). The molecule has 0 aliphatic heterocycles. The first kappa shape index (κ1) is 17.9.